The molecule has 4 aromatic rings. The second-order valence-electron chi connectivity index (χ2n) is 9.36. The van der Waals surface area contributed by atoms with Crippen LogP contribution in [0.5, 0.6) is 0 Å². The van der Waals surface area contributed by atoms with E-state index in [0.717, 1.165) is 47.7 Å². The SMILES string of the molecule is Cc1cccc(-c2nc(Cl)cc(-c3cncc(-c4ccc(CN5CCC(N(C)C)C5)cc4)c3)n2)n1. The minimum atomic E-state index is 0.376. The molecule has 1 fully saturated rings. The van der Waals surface area contributed by atoms with Gasteiger partial charge in [0.15, 0.2) is 5.82 Å². The third kappa shape index (κ3) is 5.56. The molecule has 5 rings (SSSR count). The Hall–Kier alpha value is -3.19. The van der Waals surface area contributed by atoms with E-state index in [1.807, 2.05) is 31.3 Å². The molecule has 1 aromatic carbocycles. The Morgan fingerprint density at radius 1 is 0.914 bits per heavy atom. The number of nitrogens with zero attached hydrogens (tertiary/aromatic N) is 6. The Labute approximate surface area is 211 Å². The van der Waals surface area contributed by atoms with Gasteiger partial charge >= 0.3 is 0 Å². The van der Waals surface area contributed by atoms with E-state index in [-0.39, 0.29) is 0 Å². The Bertz CT molecular complexity index is 1320. The second kappa shape index (κ2) is 10.2. The molecule has 1 aliphatic rings. The van der Waals surface area contributed by atoms with Crippen LogP contribution in [0.25, 0.3) is 33.9 Å². The number of hydrogen-bond donors (Lipinski definition) is 0. The second-order valence-corrected chi connectivity index (χ2v) is 9.75. The summed E-state index contributed by atoms with van der Waals surface area (Å²) in [5.74, 6) is 0.504. The van der Waals surface area contributed by atoms with Gasteiger partial charge in [0.05, 0.1) is 5.69 Å². The number of pyridine rings is 2. The molecule has 0 N–H and O–H groups in total. The van der Waals surface area contributed by atoms with Crippen molar-refractivity contribution in [3.05, 3.63) is 83.4 Å². The lowest BCUT2D eigenvalue weighted by Crippen LogP contribution is -2.31. The lowest BCUT2D eigenvalue weighted by molar-refractivity contribution is 0.264. The van der Waals surface area contributed by atoms with Crippen molar-refractivity contribution in [1.82, 2.24) is 29.7 Å². The number of aromatic nitrogens is 4. The van der Waals surface area contributed by atoms with Gasteiger partial charge in [-0.05, 0) is 56.8 Å². The predicted molar refractivity (Wildman–Crippen MR) is 141 cm³/mol. The largest absolute Gasteiger partial charge is 0.305 e. The number of benzene rings is 1. The summed E-state index contributed by atoms with van der Waals surface area (Å²) in [6.07, 6.45) is 4.92. The van der Waals surface area contributed by atoms with Crippen molar-refractivity contribution in [3.63, 3.8) is 0 Å². The molecule has 1 atom stereocenters. The maximum Gasteiger partial charge on any atom is 0.180 e. The van der Waals surface area contributed by atoms with Crippen LogP contribution in [-0.2, 0) is 6.54 Å². The number of aryl methyl sites for hydroxylation is 1. The highest BCUT2D eigenvalue weighted by Gasteiger charge is 2.23. The van der Waals surface area contributed by atoms with Crippen molar-refractivity contribution in [1.29, 1.82) is 0 Å². The van der Waals surface area contributed by atoms with E-state index in [4.69, 9.17) is 16.6 Å². The summed E-state index contributed by atoms with van der Waals surface area (Å²) < 4.78 is 0. The van der Waals surface area contributed by atoms with E-state index in [1.54, 1.807) is 12.3 Å². The monoisotopic (exact) mass is 484 g/mol. The van der Waals surface area contributed by atoms with Gasteiger partial charge in [-0.15, -0.1) is 0 Å². The van der Waals surface area contributed by atoms with Gasteiger partial charge in [-0.25, -0.2) is 15.0 Å². The fraction of sp³-hybridized carbons (Fsp3) is 0.286. The van der Waals surface area contributed by atoms with Crippen LogP contribution in [-0.4, -0.2) is 63.0 Å². The quantitative estimate of drug-likeness (QED) is 0.343. The summed E-state index contributed by atoms with van der Waals surface area (Å²) in [5.41, 5.74) is 6.69. The van der Waals surface area contributed by atoms with Crippen LogP contribution in [0.1, 0.15) is 17.7 Å². The Balaban J connectivity index is 1.36. The number of likely N-dealkylation sites (N-methyl/N-ethyl adjacent to an activating group) is 1. The summed E-state index contributed by atoms with van der Waals surface area (Å²) in [4.78, 5) is 23.0. The molecule has 0 aliphatic carbocycles. The molecular weight excluding hydrogens is 456 g/mol. The zero-order chi connectivity index (χ0) is 24.4. The maximum absolute atomic E-state index is 6.35. The Morgan fingerprint density at radius 2 is 1.71 bits per heavy atom. The first kappa shape index (κ1) is 23.5. The molecule has 0 bridgehead atoms. The Kier molecular flexibility index (Phi) is 6.86. The summed E-state index contributed by atoms with van der Waals surface area (Å²) in [7, 11) is 4.33. The molecule has 1 saturated heterocycles. The third-order valence-electron chi connectivity index (χ3n) is 6.52. The topological polar surface area (TPSA) is 58.0 Å². The minimum Gasteiger partial charge on any atom is -0.305 e. The van der Waals surface area contributed by atoms with E-state index in [1.165, 1.54) is 12.0 Å². The van der Waals surface area contributed by atoms with Gasteiger partial charge in [-0.1, -0.05) is 41.9 Å². The molecule has 35 heavy (non-hydrogen) atoms. The van der Waals surface area contributed by atoms with Crippen LogP contribution < -0.4 is 0 Å². The van der Waals surface area contributed by atoms with Crippen LogP contribution in [0.15, 0.2) is 67.0 Å². The van der Waals surface area contributed by atoms with E-state index in [0.29, 0.717) is 22.7 Å². The highest BCUT2D eigenvalue weighted by Crippen LogP contribution is 2.28. The van der Waals surface area contributed by atoms with Crippen molar-refractivity contribution in [3.8, 4) is 33.9 Å². The number of rotatable bonds is 6. The van der Waals surface area contributed by atoms with Crippen LogP contribution in [0.2, 0.25) is 5.15 Å². The van der Waals surface area contributed by atoms with Gasteiger partial charge in [0, 0.05) is 61.0 Å². The molecule has 4 heterocycles. The molecule has 3 aromatic heterocycles. The van der Waals surface area contributed by atoms with Gasteiger partial charge in [0.2, 0.25) is 0 Å². The van der Waals surface area contributed by atoms with Crippen molar-refractivity contribution in [2.45, 2.75) is 25.9 Å². The smallest absolute Gasteiger partial charge is 0.180 e. The zero-order valence-electron chi connectivity index (χ0n) is 20.3. The van der Waals surface area contributed by atoms with Gasteiger partial charge in [-0.3, -0.25) is 9.88 Å². The summed E-state index contributed by atoms with van der Waals surface area (Å²) in [6.45, 7) is 5.21. The van der Waals surface area contributed by atoms with E-state index in [9.17, 15) is 0 Å². The van der Waals surface area contributed by atoms with Crippen LogP contribution >= 0.6 is 11.6 Å². The van der Waals surface area contributed by atoms with Gasteiger partial charge < -0.3 is 4.90 Å². The van der Waals surface area contributed by atoms with E-state index < -0.39 is 0 Å². The molecule has 0 radical (unpaired) electrons. The molecule has 0 saturated carbocycles. The molecule has 0 spiro atoms. The van der Waals surface area contributed by atoms with Gasteiger partial charge in [0.1, 0.15) is 10.8 Å². The first-order chi connectivity index (χ1) is 16.9. The van der Waals surface area contributed by atoms with Gasteiger partial charge in [0.25, 0.3) is 0 Å². The van der Waals surface area contributed by atoms with Crippen LogP contribution in [0.4, 0.5) is 0 Å². The fourth-order valence-corrected chi connectivity index (χ4v) is 4.71. The normalized spacial score (nSPS) is 16.2. The Morgan fingerprint density at radius 3 is 2.46 bits per heavy atom. The number of likely N-dealkylation sites (tertiary alicyclic amines) is 1. The van der Waals surface area contributed by atoms with E-state index >= 15 is 0 Å². The first-order valence-electron chi connectivity index (χ1n) is 11.9. The number of halogens is 1. The fourth-order valence-electron chi connectivity index (χ4n) is 4.52. The highest BCUT2D eigenvalue weighted by molar-refractivity contribution is 6.29. The standard InChI is InChI=1S/C28H29ClN6/c1-19-5-4-6-25(31-19)28-32-26(14-27(29)33-28)23-13-22(15-30-16-23)21-9-7-20(8-10-21)17-35-12-11-24(18-35)34(2)3/h4-10,13-16,24H,11-12,17-18H2,1-3H3. The average molecular weight is 485 g/mol. The zero-order valence-corrected chi connectivity index (χ0v) is 21.1. The van der Waals surface area contributed by atoms with Crippen molar-refractivity contribution in [2.75, 3.05) is 27.2 Å². The van der Waals surface area contributed by atoms with Crippen LogP contribution in [0, 0.1) is 6.92 Å². The molecule has 6 nitrogen and oxygen atoms in total. The van der Waals surface area contributed by atoms with Crippen molar-refractivity contribution in [2.24, 2.45) is 0 Å². The minimum absolute atomic E-state index is 0.376. The van der Waals surface area contributed by atoms with Crippen molar-refractivity contribution < 1.29 is 0 Å². The predicted octanol–water partition coefficient (Wildman–Crippen LogP) is 5.37. The lowest BCUT2D eigenvalue weighted by Gasteiger charge is -2.20. The molecule has 1 aliphatic heterocycles. The van der Waals surface area contributed by atoms with Crippen molar-refractivity contribution >= 4 is 11.6 Å². The lowest BCUT2D eigenvalue weighted by atomic mass is 10.0. The maximum atomic E-state index is 6.35. The highest BCUT2D eigenvalue weighted by atomic mass is 35.5. The third-order valence-corrected chi connectivity index (χ3v) is 6.71. The molecular formula is C28H29ClN6. The summed E-state index contributed by atoms with van der Waals surface area (Å²) in [6, 6.07) is 19.1. The summed E-state index contributed by atoms with van der Waals surface area (Å²) in [5, 5.41) is 0.376. The molecule has 178 valence electrons. The summed E-state index contributed by atoms with van der Waals surface area (Å²) >= 11 is 6.35. The first-order valence-corrected chi connectivity index (χ1v) is 12.2. The van der Waals surface area contributed by atoms with Gasteiger partial charge in [-0.2, -0.15) is 0 Å². The molecule has 0 amide bonds. The molecule has 7 heteroatoms. The molecule has 1 unspecified atom stereocenters. The number of hydrogen-bond acceptors (Lipinski definition) is 6. The average Bonchev–Trinajstić information content (AvgIpc) is 3.33. The van der Waals surface area contributed by atoms with E-state index in [2.05, 4.69) is 69.2 Å². The van der Waals surface area contributed by atoms with Crippen LogP contribution in [0.3, 0.4) is 0 Å².